The van der Waals surface area contributed by atoms with Crippen LogP contribution in [0.4, 0.5) is 9.80 Å². The lowest BCUT2D eigenvalue weighted by Gasteiger charge is -2.45. The van der Waals surface area contributed by atoms with Gasteiger partial charge in [0.05, 0.1) is 11.5 Å². The van der Waals surface area contributed by atoms with Gasteiger partial charge in [-0.25, -0.2) is 4.79 Å². The van der Waals surface area contributed by atoms with Crippen LogP contribution in [0.5, 0.6) is 0 Å². The highest BCUT2D eigenvalue weighted by Crippen LogP contribution is 2.43. The van der Waals surface area contributed by atoms with E-state index in [1.54, 1.807) is 0 Å². The minimum Gasteiger partial charge on any atom is -0.389 e. The second-order valence-corrected chi connectivity index (χ2v) is 11.8. The number of amides is 3. The van der Waals surface area contributed by atoms with E-state index in [1.807, 2.05) is 0 Å². The van der Waals surface area contributed by atoms with Gasteiger partial charge in [0.1, 0.15) is 11.1 Å². The van der Waals surface area contributed by atoms with E-state index in [4.69, 9.17) is 5.73 Å². The topological polar surface area (TPSA) is 109 Å². The fourth-order valence-electron chi connectivity index (χ4n) is 5.99. The van der Waals surface area contributed by atoms with Crippen molar-refractivity contribution in [2.45, 2.75) is 45.1 Å². The summed E-state index contributed by atoms with van der Waals surface area (Å²) >= 11 is 1.54. The Balaban J connectivity index is 1.39. The maximum atomic E-state index is 13.7. The molecule has 3 amide bonds. The van der Waals surface area contributed by atoms with E-state index >= 15 is 0 Å². The fourth-order valence-corrected chi connectivity index (χ4v) is 7.09. The Morgan fingerprint density at radius 2 is 1.97 bits per heavy atom. The molecule has 9 nitrogen and oxygen atoms in total. The summed E-state index contributed by atoms with van der Waals surface area (Å²) in [5.41, 5.74) is 7.81. The van der Waals surface area contributed by atoms with Crippen LogP contribution < -0.4 is 11.1 Å². The molecule has 0 saturated carbocycles. The zero-order valence-corrected chi connectivity index (χ0v) is 22.8. The molecule has 0 bridgehead atoms. The van der Waals surface area contributed by atoms with Crippen molar-refractivity contribution in [3.8, 4) is 6.07 Å². The number of thiophene rings is 1. The highest BCUT2D eigenvalue weighted by atomic mass is 32.1. The van der Waals surface area contributed by atoms with Gasteiger partial charge in [0.2, 0.25) is 5.91 Å². The van der Waals surface area contributed by atoms with Crippen LogP contribution in [0.15, 0.2) is 0 Å². The van der Waals surface area contributed by atoms with Crippen molar-refractivity contribution in [2.24, 2.45) is 11.8 Å². The van der Waals surface area contributed by atoms with Crippen LogP contribution in [0.2, 0.25) is 0 Å². The van der Waals surface area contributed by atoms with Gasteiger partial charge in [0, 0.05) is 63.3 Å². The molecule has 2 saturated heterocycles. The number of hydrogen-bond donors (Lipinski definition) is 2. The van der Waals surface area contributed by atoms with E-state index in [0.717, 1.165) is 70.4 Å². The van der Waals surface area contributed by atoms with Gasteiger partial charge in [0.25, 0.3) is 0 Å². The highest BCUT2D eigenvalue weighted by Gasteiger charge is 2.43. The molecular formula is C26H41N7O2S. The number of unbranched alkanes of at least 4 members (excludes halogenated alkanes) is 1. The monoisotopic (exact) mass is 515 g/mol. The predicted molar refractivity (Wildman–Crippen MR) is 143 cm³/mol. The Kier molecular flexibility index (Phi) is 8.88. The summed E-state index contributed by atoms with van der Waals surface area (Å²) < 4.78 is 0. The molecular weight excluding hydrogens is 474 g/mol. The lowest BCUT2D eigenvalue weighted by atomic mass is 9.74. The summed E-state index contributed by atoms with van der Waals surface area (Å²) in [5.74, 6) is -0.0128. The maximum absolute atomic E-state index is 13.7. The molecule has 1 aromatic rings. The lowest BCUT2D eigenvalue weighted by Crippen LogP contribution is -2.56. The van der Waals surface area contributed by atoms with Crippen LogP contribution in [-0.4, -0.2) is 104 Å². The number of nitrogens with two attached hydrogens (primary N) is 1. The fraction of sp³-hybridized carbons (Fsp3) is 0.731. The highest BCUT2D eigenvalue weighted by molar-refractivity contribution is 7.16. The summed E-state index contributed by atoms with van der Waals surface area (Å²) in [7, 11) is 4.21. The average molecular weight is 516 g/mol. The van der Waals surface area contributed by atoms with Crippen molar-refractivity contribution in [3.05, 3.63) is 16.0 Å². The number of likely N-dealkylation sites (tertiary alicyclic amines) is 1. The molecule has 3 heterocycles. The zero-order chi connectivity index (χ0) is 25.8. The number of fused-ring (bicyclic) bond motifs is 2. The van der Waals surface area contributed by atoms with Crippen molar-refractivity contribution < 1.29 is 9.59 Å². The van der Waals surface area contributed by atoms with E-state index < -0.39 is 0 Å². The Morgan fingerprint density at radius 1 is 1.22 bits per heavy atom. The SMILES string of the molecule is CCCCN(C(=O)NCCN1CCN(C)CC1)C(=O)[C@@H]1C[C@@H]2Cc3c(sc(N)c3C#N)C[C@H]2N(C)C1. The number of urea groups is 1. The van der Waals surface area contributed by atoms with Crippen LogP contribution >= 0.6 is 11.3 Å². The Bertz CT molecular complexity index is 982. The first-order valence-corrected chi connectivity index (χ1v) is 14.1. The summed E-state index contributed by atoms with van der Waals surface area (Å²) in [4.78, 5) is 36.5. The molecule has 36 heavy (non-hydrogen) atoms. The van der Waals surface area contributed by atoms with E-state index in [1.165, 1.54) is 21.1 Å². The quantitative estimate of drug-likeness (QED) is 0.570. The van der Waals surface area contributed by atoms with Crippen LogP contribution in [-0.2, 0) is 17.6 Å². The zero-order valence-electron chi connectivity index (χ0n) is 22.0. The van der Waals surface area contributed by atoms with Gasteiger partial charge in [-0.15, -0.1) is 11.3 Å². The van der Waals surface area contributed by atoms with Crippen LogP contribution in [0.1, 0.15) is 42.2 Å². The molecule has 0 aromatic carbocycles. The normalized spacial score (nSPS) is 25.0. The third-order valence-electron chi connectivity index (χ3n) is 8.19. The van der Waals surface area contributed by atoms with Crippen molar-refractivity contribution in [3.63, 3.8) is 0 Å². The second-order valence-electron chi connectivity index (χ2n) is 10.7. The number of piperidine rings is 1. The number of nitrogens with zero attached hydrogens (tertiary/aromatic N) is 5. The molecule has 3 aliphatic rings. The van der Waals surface area contributed by atoms with Gasteiger partial charge >= 0.3 is 6.03 Å². The van der Waals surface area contributed by atoms with E-state index in [9.17, 15) is 14.9 Å². The minimum atomic E-state index is -0.268. The molecule has 2 aliphatic heterocycles. The molecule has 3 atom stereocenters. The standard InChI is InChI=1S/C26H41N7O2S/c1-4-5-7-33(26(35)29-6-8-32-11-9-30(2)10-12-32)25(34)19-13-18-14-20-21(16-27)24(28)36-23(20)15-22(18)31(3)17-19/h18-19,22H,4-15,17,28H2,1-3H3,(H,29,35)/t18-,19-,22-/m1/s1. The Hall–Kier alpha value is -2.19. The van der Waals surface area contributed by atoms with E-state index in [2.05, 4.69) is 47.1 Å². The first-order valence-electron chi connectivity index (χ1n) is 13.3. The van der Waals surface area contributed by atoms with Gasteiger partial charge in [0.15, 0.2) is 0 Å². The molecule has 198 valence electrons. The molecule has 0 radical (unpaired) electrons. The number of nitrogens with one attached hydrogen (secondary N) is 1. The number of nitriles is 1. The summed E-state index contributed by atoms with van der Waals surface area (Å²) in [6.07, 6.45) is 4.12. The van der Waals surface area contributed by atoms with Gasteiger partial charge in [-0.1, -0.05) is 13.3 Å². The number of nitrogen functional groups attached to an aromatic ring is 1. The molecule has 3 N–H and O–H groups in total. The average Bonchev–Trinajstić information content (AvgIpc) is 3.17. The van der Waals surface area contributed by atoms with E-state index in [0.29, 0.717) is 36.2 Å². The third kappa shape index (κ3) is 5.86. The predicted octanol–water partition coefficient (Wildman–Crippen LogP) is 1.82. The molecule has 4 rings (SSSR count). The van der Waals surface area contributed by atoms with Gasteiger partial charge in [-0.2, -0.15) is 5.26 Å². The largest absolute Gasteiger partial charge is 0.389 e. The Labute approximate surface area is 219 Å². The molecule has 2 fully saturated rings. The number of anilines is 1. The maximum Gasteiger partial charge on any atom is 0.324 e. The van der Waals surface area contributed by atoms with Crippen molar-refractivity contribution >= 4 is 28.3 Å². The van der Waals surface area contributed by atoms with Crippen molar-refractivity contribution in [1.82, 2.24) is 24.9 Å². The number of carbonyl (C=O) groups excluding carboxylic acids is 2. The molecule has 0 spiro atoms. The third-order valence-corrected chi connectivity index (χ3v) is 9.28. The van der Waals surface area contributed by atoms with Gasteiger partial charge in [-0.3, -0.25) is 14.6 Å². The second kappa shape index (κ2) is 11.9. The van der Waals surface area contributed by atoms with Crippen molar-refractivity contribution in [2.75, 3.05) is 72.2 Å². The summed E-state index contributed by atoms with van der Waals surface area (Å²) in [6, 6.07) is 2.36. The first-order chi connectivity index (χ1) is 17.3. The molecule has 1 aromatic heterocycles. The summed E-state index contributed by atoms with van der Waals surface area (Å²) in [6.45, 7) is 8.63. The Morgan fingerprint density at radius 3 is 2.67 bits per heavy atom. The lowest BCUT2D eigenvalue weighted by molar-refractivity contribution is -0.136. The van der Waals surface area contributed by atoms with Crippen molar-refractivity contribution in [1.29, 1.82) is 5.26 Å². The van der Waals surface area contributed by atoms with Crippen LogP contribution in [0.3, 0.4) is 0 Å². The minimum absolute atomic E-state index is 0.0676. The smallest absolute Gasteiger partial charge is 0.324 e. The number of rotatable bonds is 7. The number of likely N-dealkylation sites (N-methyl/N-ethyl adjacent to an activating group) is 2. The van der Waals surface area contributed by atoms with Gasteiger partial charge < -0.3 is 20.9 Å². The van der Waals surface area contributed by atoms with Crippen LogP contribution in [0.25, 0.3) is 0 Å². The number of carbonyl (C=O) groups is 2. The first kappa shape index (κ1) is 26.9. The molecule has 1 aliphatic carbocycles. The van der Waals surface area contributed by atoms with Gasteiger partial charge in [-0.05, 0) is 51.3 Å². The molecule has 10 heteroatoms. The number of piperazine rings is 1. The summed E-state index contributed by atoms with van der Waals surface area (Å²) in [5, 5.41) is 13.2. The molecule has 0 unspecified atom stereocenters. The van der Waals surface area contributed by atoms with Crippen LogP contribution in [0, 0.1) is 23.2 Å². The number of hydrogen-bond acceptors (Lipinski definition) is 8. The van der Waals surface area contributed by atoms with E-state index in [-0.39, 0.29) is 23.8 Å². The number of imide groups is 1.